The molecule has 2 aromatic carbocycles. The molecule has 1 aliphatic rings. The first-order valence-corrected chi connectivity index (χ1v) is 11.0. The fourth-order valence-electron chi connectivity index (χ4n) is 4.02. The minimum absolute atomic E-state index is 0.0577. The van der Waals surface area contributed by atoms with Crippen LogP contribution in [0.4, 0.5) is 24.5 Å². The Labute approximate surface area is 199 Å². The predicted octanol–water partition coefficient (Wildman–Crippen LogP) is 4.66. The Balaban J connectivity index is 1.23. The molecule has 0 spiro atoms. The monoisotopic (exact) mass is 481 g/mol. The Morgan fingerprint density at radius 2 is 2.00 bits per heavy atom. The lowest BCUT2D eigenvalue weighted by Crippen LogP contribution is -2.54. The van der Waals surface area contributed by atoms with Crippen molar-refractivity contribution in [1.82, 2.24) is 14.6 Å². The van der Waals surface area contributed by atoms with Crippen LogP contribution in [0.25, 0.3) is 5.52 Å². The first kappa shape index (κ1) is 22.7. The summed E-state index contributed by atoms with van der Waals surface area (Å²) in [4.78, 5) is 19.1. The van der Waals surface area contributed by atoms with Crippen LogP contribution >= 0.6 is 0 Å². The summed E-state index contributed by atoms with van der Waals surface area (Å²) in [6, 6.07) is 10.9. The lowest BCUT2D eigenvalue weighted by atomic mass is 10.1. The van der Waals surface area contributed by atoms with E-state index < -0.39 is 18.5 Å². The number of benzene rings is 2. The van der Waals surface area contributed by atoms with Gasteiger partial charge in [-0.3, -0.25) is 9.78 Å². The molecular weight excluding hydrogens is 459 g/mol. The number of nitrogens with one attached hydrogen (secondary N) is 1. The Bertz CT molecular complexity index is 1380. The van der Waals surface area contributed by atoms with Crippen LogP contribution < -0.4 is 15.0 Å². The summed E-state index contributed by atoms with van der Waals surface area (Å²) in [5, 5.41) is 7.00. The molecule has 1 N–H and O–H groups in total. The molecule has 7 nitrogen and oxygen atoms in total. The van der Waals surface area contributed by atoms with Crippen LogP contribution in [-0.4, -0.2) is 45.9 Å². The molecule has 1 fully saturated rings. The quantitative estimate of drug-likeness (QED) is 0.434. The Kier molecular flexibility index (Phi) is 5.80. The van der Waals surface area contributed by atoms with Crippen LogP contribution in [0, 0.1) is 6.92 Å². The van der Waals surface area contributed by atoms with Gasteiger partial charge in [0.2, 0.25) is 0 Å². The molecule has 0 aliphatic carbocycles. The van der Waals surface area contributed by atoms with E-state index in [1.807, 2.05) is 6.92 Å². The lowest BCUT2D eigenvalue weighted by Gasteiger charge is -2.40. The zero-order chi connectivity index (χ0) is 24.6. The zero-order valence-corrected chi connectivity index (χ0v) is 18.8. The van der Waals surface area contributed by atoms with Gasteiger partial charge in [0.25, 0.3) is 5.91 Å². The van der Waals surface area contributed by atoms with Crippen molar-refractivity contribution in [1.29, 1.82) is 0 Å². The highest BCUT2D eigenvalue weighted by Gasteiger charge is 2.31. The van der Waals surface area contributed by atoms with Gasteiger partial charge in [0.1, 0.15) is 17.4 Å². The number of nitrogens with zero attached hydrogens (tertiary/aromatic N) is 4. The molecular formula is C25H22F3N5O2. The number of alkyl halides is 3. The minimum atomic E-state index is -4.31. The molecule has 35 heavy (non-hydrogen) atoms. The van der Waals surface area contributed by atoms with E-state index in [9.17, 15) is 18.0 Å². The van der Waals surface area contributed by atoms with Gasteiger partial charge in [-0.2, -0.15) is 18.3 Å². The standard InChI is InChI=1S/C25H22F3N5O2/c1-16-5-6-18(24(34)31-19-4-2-3-17(9-19)11-25(26,27)28)10-23(16)35-20-14-32(15-20)21-13-30-33-8-7-29-12-22(21)33/h2-10,12-13,20H,11,14-15H2,1H3,(H,31,34). The fourth-order valence-corrected chi connectivity index (χ4v) is 4.02. The van der Waals surface area contributed by atoms with E-state index >= 15 is 0 Å². The van der Waals surface area contributed by atoms with E-state index in [1.54, 1.807) is 53.6 Å². The smallest absolute Gasteiger partial charge is 0.393 e. The van der Waals surface area contributed by atoms with Crippen LogP contribution in [0.3, 0.4) is 0 Å². The van der Waals surface area contributed by atoms with Gasteiger partial charge in [0.15, 0.2) is 0 Å². The van der Waals surface area contributed by atoms with Gasteiger partial charge in [-0.05, 0) is 42.3 Å². The zero-order valence-electron chi connectivity index (χ0n) is 18.8. The third kappa shape index (κ3) is 5.06. The van der Waals surface area contributed by atoms with Crippen LogP contribution in [0.1, 0.15) is 21.5 Å². The number of rotatable bonds is 6. The van der Waals surface area contributed by atoms with Gasteiger partial charge < -0.3 is 15.0 Å². The third-order valence-electron chi connectivity index (χ3n) is 5.83. The lowest BCUT2D eigenvalue weighted by molar-refractivity contribution is -0.127. The van der Waals surface area contributed by atoms with Gasteiger partial charge in [-0.15, -0.1) is 0 Å². The molecule has 0 bridgehead atoms. The summed E-state index contributed by atoms with van der Waals surface area (Å²) >= 11 is 0. The van der Waals surface area contributed by atoms with Gasteiger partial charge in [-0.25, -0.2) is 4.52 Å². The molecule has 1 aliphatic heterocycles. The van der Waals surface area contributed by atoms with Crippen molar-refractivity contribution < 1.29 is 22.7 Å². The average Bonchev–Trinajstić information content (AvgIpc) is 3.20. The van der Waals surface area contributed by atoms with Crippen molar-refractivity contribution in [2.24, 2.45) is 0 Å². The van der Waals surface area contributed by atoms with E-state index in [2.05, 4.69) is 20.3 Å². The number of carbonyl (C=O) groups excluding carboxylic acids is 1. The van der Waals surface area contributed by atoms with Gasteiger partial charge in [-0.1, -0.05) is 18.2 Å². The second kappa shape index (κ2) is 8.94. The summed E-state index contributed by atoms with van der Waals surface area (Å²) in [5.41, 5.74) is 3.52. The predicted molar refractivity (Wildman–Crippen MR) is 125 cm³/mol. The van der Waals surface area contributed by atoms with Crippen LogP contribution in [0.5, 0.6) is 5.75 Å². The maximum absolute atomic E-state index is 12.8. The highest BCUT2D eigenvalue weighted by molar-refractivity contribution is 6.04. The van der Waals surface area contributed by atoms with E-state index in [0.717, 1.165) is 16.8 Å². The van der Waals surface area contributed by atoms with Crippen LogP contribution in [0.15, 0.2) is 67.3 Å². The van der Waals surface area contributed by atoms with Crippen molar-refractivity contribution in [2.75, 3.05) is 23.3 Å². The maximum Gasteiger partial charge on any atom is 0.393 e. The van der Waals surface area contributed by atoms with E-state index in [4.69, 9.17) is 4.74 Å². The molecule has 5 rings (SSSR count). The van der Waals surface area contributed by atoms with Crippen LogP contribution in [-0.2, 0) is 6.42 Å². The van der Waals surface area contributed by atoms with E-state index in [0.29, 0.717) is 30.1 Å². The second-order valence-corrected chi connectivity index (χ2v) is 8.51. The van der Waals surface area contributed by atoms with Gasteiger partial charge in [0, 0.05) is 23.6 Å². The minimum Gasteiger partial charge on any atom is -0.486 e. The highest BCUT2D eigenvalue weighted by atomic mass is 19.4. The summed E-state index contributed by atoms with van der Waals surface area (Å²) < 4.78 is 46.0. The topological polar surface area (TPSA) is 71.8 Å². The number of anilines is 2. The molecule has 4 aromatic rings. The summed E-state index contributed by atoms with van der Waals surface area (Å²) in [7, 11) is 0. The fraction of sp³-hybridized carbons (Fsp3) is 0.240. The maximum atomic E-state index is 12.8. The Morgan fingerprint density at radius 1 is 1.17 bits per heavy atom. The molecule has 0 atom stereocenters. The van der Waals surface area contributed by atoms with E-state index in [1.165, 1.54) is 18.2 Å². The van der Waals surface area contributed by atoms with Gasteiger partial charge in [0.05, 0.1) is 37.6 Å². The molecule has 0 saturated carbocycles. The first-order chi connectivity index (χ1) is 16.7. The Hall–Kier alpha value is -4.08. The molecule has 3 heterocycles. The first-order valence-electron chi connectivity index (χ1n) is 11.0. The summed E-state index contributed by atoms with van der Waals surface area (Å²) in [6.07, 6.45) is 1.61. The molecule has 1 saturated heterocycles. The number of fused-ring (bicyclic) bond motifs is 1. The largest absolute Gasteiger partial charge is 0.486 e. The normalized spacial score (nSPS) is 14.1. The van der Waals surface area contributed by atoms with Crippen molar-refractivity contribution in [2.45, 2.75) is 25.6 Å². The molecule has 1 amide bonds. The average molecular weight is 481 g/mol. The second-order valence-electron chi connectivity index (χ2n) is 8.51. The summed E-state index contributed by atoms with van der Waals surface area (Å²) in [5.74, 6) is 0.169. The molecule has 10 heteroatoms. The highest BCUT2D eigenvalue weighted by Crippen LogP contribution is 2.29. The van der Waals surface area contributed by atoms with Crippen LogP contribution in [0.2, 0.25) is 0 Å². The number of amides is 1. The number of hydrogen-bond acceptors (Lipinski definition) is 5. The third-order valence-corrected chi connectivity index (χ3v) is 5.83. The Morgan fingerprint density at radius 3 is 2.80 bits per heavy atom. The number of aromatic nitrogens is 3. The van der Waals surface area contributed by atoms with Gasteiger partial charge >= 0.3 is 6.18 Å². The van der Waals surface area contributed by atoms with Crippen molar-refractivity contribution in [3.8, 4) is 5.75 Å². The number of ether oxygens (including phenoxy) is 1. The molecule has 2 aromatic heterocycles. The number of aryl methyl sites for hydroxylation is 1. The molecule has 180 valence electrons. The number of halogens is 3. The SMILES string of the molecule is Cc1ccc(C(=O)Nc2cccc(CC(F)(F)F)c2)cc1OC1CN(c2cnn3ccncc23)C1. The molecule has 0 unspecified atom stereocenters. The van der Waals surface area contributed by atoms with E-state index in [-0.39, 0.29) is 11.7 Å². The summed E-state index contributed by atoms with van der Waals surface area (Å²) in [6.45, 7) is 3.22. The number of carbonyl (C=O) groups is 1. The van der Waals surface area contributed by atoms with Crippen molar-refractivity contribution in [3.63, 3.8) is 0 Å². The van der Waals surface area contributed by atoms with Crippen molar-refractivity contribution in [3.05, 3.63) is 83.9 Å². The molecule has 0 radical (unpaired) electrons. The van der Waals surface area contributed by atoms with Crippen molar-refractivity contribution >= 4 is 22.8 Å². The number of hydrogen-bond donors (Lipinski definition) is 1.